The van der Waals surface area contributed by atoms with Crippen molar-refractivity contribution in [2.75, 3.05) is 25.1 Å². The Morgan fingerprint density at radius 3 is 1.64 bits per heavy atom. The van der Waals surface area contributed by atoms with Crippen molar-refractivity contribution in [1.29, 1.82) is 0 Å². The lowest BCUT2D eigenvalue weighted by Crippen LogP contribution is -2.60. The predicted molar refractivity (Wildman–Crippen MR) is 228 cm³/mol. The SMILES string of the molecule is CSCC[C@H](N)C(=O)N[C@@H](CC(C)C)C(=O)N[C@@H](CC(N)=O)C(=O)N[C@@H](CCC(=O)O)C(=O)N[C@@H](CCCN=C(N)N)C(=O)N[C@H](C(=O)N[C@@H](CCCCN)C(=O)O)C(C)C. The van der Waals surface area contributed by atoms with Crippen LogP contribution >= 0.6 is 11.8 Å². The molecule has 0 fully saturated rings. The van der Waals surface area contributed by atoms with Crippen LogP contribution in [0.2, 0.25) is 0 Å². The van der Waals surface area contributed by atoms with E-state index in [-0.39, 0.29) is 44.1 Å². The van der Waals surface area contributed by atoms with Gasteiger partial charge in [-0.05, 0) is 81.8 Å². The van der Waals surface area contributed by atoms with Crippen LogP contribution in [0, 0.1) is 11.8 Å². The topological polar surface area (TPSA) is 409 Å². The third-order valence-electron chi connectivity index (χ3n) is 9.01. The second-order valence-electron chi connectivity index (χ2n) is 15.2. The van der Waals surface area contributed by atoms with Gasteiger partial charge in [0, 0.05) is 13.0 Å². The standard InChI is InChI=1S/C37H68N12O11S/c1-19(2)17-25(47-30(53)21(39)13-16-61-5)33(56)48-26(18-27(40)50)34(57)45-23(11-12-28(51)52)31(54)44-22(10-8-15-43-37(41)42)32(55)49-29(20(3)4)35(58)46-24(36(59)60)9-6-7-14-38/h19-26,29H,6-18,38-39H2,1-5H3,(H2,40,50)(H,44,54)(H,45,57)(H,46,58)(H,47,53)(H,48,56)(H,49,55)(H,51,52)(H,59,60)(H4,41,42,43)/t21-,22-,23-,24-,25-,26-,29-/m0/s1. The maximum absolute atomic E-state index is 13.8. The van der Waals surface area contributed by atoms with Gasteiger partial charge in [0.1, 0.15) is 36.3 Å². The van der Waals surface area contributed by atoms with Crippen LogP contribution in [0.5, 0.6) is 0 Å². The number of carboxylic acids is 2. The van der Waals surface area contributed by atoms with Crippen LogP contribution in [0.15, 0.2) is 4.99 Å². The van der Waals surface area contributed by atoms with Crippen molar-refractivity contribution in [3.8, 4) is 0 Å². The molecule has 24 heteroatoms. The van der Waals surface area contributed by atoms with Gasteiger partial charge in [0.25, 0.3) is 0 Å². The van der Waals surface area contributed by atoms with Gasteiger partial charge in [0.15, 0.2) is 5.96 Å². The fourth-order valence-electron chi connectivity index (χ4n) is 5.69. The van der Waals surface area contributed by atoms with Gasteiger partial charge in [-0.2, -0.15) is 11.8 Å². The minimum absolute atomic E-state index is 0.00878. The van der Waals surface area contributed by atoms with E-state index in [4.69, 9.17) is 28.7 Å². The van der Waals surface area contributed by atoms with E-state index in [0.29, 0.717) is 31.6 Å². The van der Waals surface area contributed by atoms with E-state index < -0.39 is 121 Å². The highest BCUT2D eigenvalue weighted by molar-refractivity contribution is 7.98. The number of nitrogens with two attached hydrogens (primary N) is 5. The summed E-state index contributed by atoms with van der Waals surface area (Å²) in [7, 11) is 0. The highest BCUT2D eigenvalue weighted by Gasteiger charge is 2.35. The van der Waals surface area contributed by atoms with Crippen LogP contribution in [0.3, 0.4) is 0 Å². The maximum atomic E-state index is 13.8. The van der Waals surface area contributed by atoms with Crippen LogP contribution < -0.4 is 60.6 Å². The van der Waals surface area contributed by atoms with Crippen LogP contribution in [-0.2, 0) is 43.2 Å². The zero-order valence-electron chi connectivity index (χ0n) is 35.7. The molecule has 0 aliphatic heterocycles. The molecule has 7 atom stereocenters. The van der Waals surface area contributed by atoms with Gasteiger partial charge in [-0.3, -0.25) is 43.3 Å². The van der Waals surface area contributed by atoms with Gasteiger partial charge in [-0.1, -0.05) is 27.7 Å². The van der Waals surface area contributed by atoms with Crippen molar-refractivity contribution < 1.29 is 53.4 Å². The predicted octanol–water partition coefficient (Wildman–Crippen LogP) is -3.31. The zero-order chi connectivity index (χ0) is 46.8. The summed E-state index contributed by atoms with van der Waals surface area (Å²) >= 11 is 1.48. The van der Waals surface area contributed by atoms with Crippen LogP contribution in [0.25, 0.3) is 0 Å². The molecule has 18 N–H and O–H groups in total. The lowest BCUT2D eigenvalue weighted by atomic mass is 10.0. The first-order valence-corrected chi connectivity index (χ1v) is 21.5. The Kier molecular flexibility index (Phi) is 27.3. The molecule has 0 saturated heterocycles. The minimum Gasteiger partial charge on any atom is -0.481 e. The van der Waals surface area contributed by atoms with Crippen LogP contribution in [0.4, 0.5) is 0 Å². The molecule has 23 nitrogen and oxygen atoms in total. The number of unbranched alkanes of at least 4 members (excludes halogenated alkanes) is 1. The molecule has 0 bridgehead atoms. The van der Waals surface area contributed by atoms with E-state index in [9.17, 15) is 53.4 Å². The number of amides is 7. The van der Waals surface area contributed by atoms with E-state index >= 15 is 0 Å². The largest absolute Gasteiger partial charge is 0.481 e. The molecule has 0 rings (SSSR count). The van der Waals surface area contributed by atoms with Gasteiger partial charge >= 0.3 is 11.9 Å². The van der Waals surface area contributed by atoms with Crippen molar-refractivity contribution >= 4 is 71.0 Å². The summed E-state index contributed by atoms with van der Waals surface area (Å²) in [5.74, 6) is -9.39. The van der Waals surface area contributed by atoms with Gasteiger partial charge < -0.3 is 70.8 Å². The summed E-state index contributed by atoms with van der Waals surface area (Å²) in [5.41, 5.74) is 27.7. The number of nitrogens with one attached hydrogen (secondary N) is 6. The van der Waals surface area contributed by atoms with Crippen molar-refractivity contribution in [2.24, 2.45) is 45.5 Å². The second kappa shape index (κ2) is 29.9. The Balaban J connectivity index is 6.54. The number of nitrogens with zero attached hydrogens (tertiary/aromatic N) is 1. The van der Waals surface area contributed by atoms with E-state index in [1.165, 1.54) is 11.8 Å². The molecule has 0 aliphatic rings. The third-order valence-corrected chi connectivity index (χ3v) is 9.66. The molecule has 0 radical (unpaired) electrons. The second-order valence-corrected chi connectivity index (χ2v) is 16.2. The van der Waals surface area contributed by atoms with Gasteiger partial charge in [-0.15, -0.1) is 0 Å². The van der Waals surface area contributed by atoms with E-state index in [1.807, 2.05) is 6.26 Å². The molecule has 7 amide bonds. The molecule has 0 aliphatic carbocycles. The quantitative estimate of drug-likeness (QED) is 0.0179. The summed E-state index contributed by atoms with van der Waals surface area (Å²) in [5, 5.41) is 33.9. The Hall–Kier alpha value is -5.23. The Bertz CT molecular complexity index is 1510. The summed E-state index contributed by atoms with van der Waals surface area (Å²) in [6, 6.07) is -9.49. The molecule has 0 aromatic rings. The number of guanidine groups is 1. The lowest BCUT2D eigenvalue weighted by Gasteiger charge is -2.28. The third kappa shape index (κ3) is 24.0. The van der Waals surface area contributed by atoms with Gasteiger partial charge in [0.2, 0.25) is 41.4 Å². The van der Waals surface area contributed by atoms with Crippen molar-refractivity contribution in [2.45, 2.75) is 134 Å². The first kappa shape index (κ1) is 55.8. The number of primary amides is 1. The minimum atomic E-state index is -1.70. The van der Waals surface area contributed by atoms with Crippen LogP contribution in [-0.4, -0.2) is 137 Å². The number of rotatable bonds is 32. The normalized spacial score (nSPS) is 14.5. The molecule has 348 valence electrons. The molecular formula is C37H68N12O11S. The van der Waals surface area contributed by atoms with Gasteiger partial charge in [-0.25, -0.2) is 4.79 Å². The number of aliphatic imine (C=N–C) groups is 1. The van der Waals surface area contributed by atoms with E-state index in [1.54, 1.807) is 27.7 Å². The number of thioether (sulfide) groups is 1. The van der Waals surface area contributed by atoms with Crippen LogP contribution in [0.1, 0.15) is 91.9 Å². The number of carbonyl (C=O) groups excluding carboxylic acids is 7. The fraction of sp³-hybridized carbons (Fsp3) is 0.730. The Morgan fingerprint density at radius 2 is 1.13 bits per heavy atom. The molecular weight excluding hydrogens is 821 g/mol. The molecule has 61 heavy (non-hydrogen) atoms. The summed E-state index contributed by atoms with van der Waals surface area (Å²) < 4.78 is 0. The first-order valence-electron chi connectivity index (χ1n) is 20.1. The molecule has 0 heterocycles. The number of carboxylic acid groups (broad SMARTS) is 2. The molecule has 0 saturated carbocycles. The summed E-state index contributed by atoms with van der Waals surface area (Å²) in [6.45, 7) is 7.09. The van der Waals surface area contributed by atoms with E-state index in [2.05, 4.69) is 36.9 Å². The molecule has 0 unspecified atom stereocenters. The number of carbonyl (C=O) groups is 9. The first-order chi connectivity index (χ1) is 28.5. The molecule has 0 spiro atoms. The Morgan fingerprint density at radius 1 is 0.623 bits per heavy atom. The highest BCUT2D eigenvalue weighted by Crippen LogP contribution is 2.11. The highest BCUT2D eigenvalue weighted by atomic mass is 32.2. The molecule has 0 aromatic heterocycles. The zero-order valence-corrected chi connectivity index (χ0v) is 36.5. The average Bonchev–Trinajstić information content (AvgIpc) is 3.16. The van der Waals surface area contributed by atoms with Crippen molar-refractivity contribution in [1.82, 2.24) is 31.9 Å². The fourth-order valence-corrected chi connectivity index (χ4v) is 6.18. The average molecular weight is 889 g/mol. The summed E-state index contributed by atoms with van der Waals surface area (Å²) in [6.07, 6.45) is 1.32. The Labute approximate surface area is 360 Å². The smallest absolute Gasteiger partial charge is 0.326 e. The monoisotopic (exact) mass is 888 g/mol. The van der Waals surface area contributed by atoms with E-state index in [0.717, 1.165) is 0 Å². The number of hydrogen-bond donors (Lipinski definition) is 13. The van der Waals surface area contributed by atoms with Crippen molar-refractivity contribution in [3.05, 3.63) is 0 Å². The van der Waals surface area contributed by atoms with Gasteiger partial charge in [0.05, 0.1) is 12.5 Å². The lowest BCUT2D eigenvalue weighted by molar-refractivity contribution is -0.143. The summed E-state index contributed by atoms with van der Waals surface area (Å²) in [4.78, 5) is 120. The van der Waals surface area contributed by atoms with Crippen molar-refractivity contribution in [3.63, 3.8) is 0 Å². The number of hydrogen-bond acceptors (Lipinski definition) is 13. The number of aliphatic carboxylic acids is 2. The maximum Gasteiger partial charge on any atom is 0.326 e. The molecule has 0 aromatic carbocycles.